The number of quaternary nitrogens is 1. The monoisotopic (exact) mass is 242 g/mol. The van der Waals surface area contributed by atoms with Gasteiger partial charge in [-0.3, -0.25) is 4.79 Å². The molecule has 17 heavy (non-hydrogen) atoms. The molecule has 0 bridgehead atoms. The van der Waals surface area contributed by atoms with Crippen LogP contribution in [-0.4, -0.2) is 44.5 Å². The number of nitrogens with one attached hydrogen (secondary N) is 2. The maximum atomic E-state index is 11.6. The van der Waals surface area contributed by atoms with Crippen LogP contribution in [0.5, 0.6) is 0 Å². The minimum atomic E-state index is -0.321. The number of hydrogen-bond acceptors (Lipinski definition) is 5. The maximum Gasteiger partial charge on any atom is 0.271 e. The summed E-state index contributed by atoms with van der Waals surface area (Å²) < 4.78 is 5.10. The van der Waals surface area contributed by atoms with Crippen LogP contribution < -0.4 is 16.1 Å². The van der Waals surface area contributed by atoms with Crippen LogP contribution in [0.15, 0.2) is 16.9 Å². The topological polar surface area (TPSA) is 104 Å². The summed E-state index contributed by atoms with van der Waals surface area (Å²) in [6, 6.07) is 0. The lowest BCUT2D eigenvalue weighted by atomic mass is 10.3. The Hall–Kier alpha value is -1.28. The molecular formula is C10H18N4O3. The van der Waals surface area contributed by atoms with E-state index < -0.39 is 0 Å². The van der Waals surface area contributed by atoms with E-state index in [0.29, 0.717) is 32.0 Å². The summed E-state index contributed by atoms with van der Waals surface area (Å²) in [5.41, 5.74) is 6.07. The van der Waals surface area contributed by atoms with Gasteiger partial charge in [-0.05, 0) is 0 Å². The number of allylic oxidation sites excluding steroid dienone is 1. The average molecular weight is 242 g/mol. The first-order valence-corrected chi connectivity index (χ1v) is 5.47. The van der Waals surface area contributed by atoms with Crippen molar-refractivity contribution in [3.8, 4) is 0 Å². The Labute approximate surface area is 99.9 Å². The standard InChI is InChI=1S/C10H18N4O3/c1-8-6-13-9(7-14(8)16)10(15)12-3-5-17-4-2-11/h6,14H,2-5,7,11H2,1H3,(H,12,15). The SMILES string of the molecule is CC1=CN=C(C(=O)NCCOCCN)C[NH+]1[O-]. The number of nitrogens with zero attached hydrogens (tertiary/aromatic N) is 1. The highest BCUT2D eigenvalue weighted by Gasteiger charge is 2.18. The summed E-state index contributed by atoms with van der Waals surface area (Å²) >= 11 is 0. The van der Waals surface area contributed by atoms with E-state index in [9.17, 15) is 10.0 Å². The molecule has 4 N–H and O–H groups in total. The first kappa shape index (κ1) is 13.8. The summed E-state index contributed by atoms with van der Waals surface area (Å²) in [7, 11) is 0. The molecule has 1 rings (SSSR count). The molecule has 7 heteroatoms. The number of amides is 1. The van der Waals surface area contributed by atoms with Crippen LogP contribution >= 0.6 is 0 Å². The third kappa shape index (κ3) is 4.61. The van der Waals surface area contributed by atoms with Crippen LogP contribution in [0.2, 0.25) is 0 Å². The third-order valence-corrected chi connectivity index (χ3v) is 2.24. The van der Waals surface area contributed by atoms with Crippen molar-refractivity contribution in [3.05, 3.63) is 17.1 Å². The zero-order chi connectivity index (χ0) is 12.7. The molecule has 96 valence electrons. The van der Waals surface area contributed by atoms with Gasteiger partial charge in [-0.25, -0.2) is 4.99 Å². The molecule has 0 aromatic carbocycles. The molecule has 1 amide bonds. The van der Waals surface area contributed by atoms with Crippen molar-refractivity contribution in [2.45, 2.75) is 6.92 Å². The highest BCUT2D eigenvalue weighted by Crippen LogP contribution is 1.90. The predicted octanol–water partition coefficient (Wildman–Crippen LogP) is -2.22. The minimum absolute atomic E-state index is 0.0652. The molecule has 1 aliphatic heterocycles. The van der Waals surface area contributed by atoms with E-state index in [0.717, 1.165) is 0 Å². The van der Waals surface area contributed by atoms with Crippen molar-refractivity contribution in [2.24, 2.45) is 10.7 Å². The largest absolute Gasteiger partial charge is 0.629 e. The van der Waals surface area contributed by atoms with Gasteiger partial charge in [0.05, 0.1) is 19.4 Å². The van der Waals surface area contributed by atoms with E-state index in [2.05, 4.69) is 10.3 Å². The predicted molar refractivity (Wildman–Crippen MR) is 63.3 cm³/mol. The fourth-order valence-corrected chi connectivity index (χ4v) is 1.25. The Morgan fingerprint density at radius 1 is 1.71 bits per heavy atom. The fourth-order valence-electron chi connectivity index (χ4n) is 1.25. The molecule has 0 aliphatic carbocycles. The van der Waals surface area contributed by atoms with Crippen molar-refractivity contribution in [1.29, 1.82) is 0 Å². The average Bonchev–Trinajstić information content (AvgIpc) is 2.32. The molecule has 0 aromatic rings. The maximum absolute atomic E-state index is 11.6. The molecule has 1 atom stereocenters. The Balaban J connectivity index is 2.29. The van der Waals surface area contributed by atoms with Gasteiger partial charge in [-0.15, -0.1) is 0 Å². The molecule has 0 fully saturated rings. The van der Waals surface area contributed by atoms with Crippen LogP contribution in [0.1, 0.15) is 6.92 Å². The molecule has 7 nitrogen and oxygen atoms in total. The van der Waals surface area contributed by atoms with Crippen LogP contribution in [0.3, 0.4) is 0 Å². The molecule has 1 unspecified atom stereocenters. The molecule has 1 aliphatic rings. The number of aliphatic imine (C=N–C) groups is 1. The summed E-state index contributed by atoms with van der Waals surface area (Å²) in [5, 5.41) is 13.9. The van der Waals surface area contributed by atoms with E-state index in [-0.39, 0.29) is 23.2 Å². The number of carbonyl (C=O) groups is 1. The quantitative estimate of drug-likeness (QED) is 0.362. The second kappa shape index (κ2) is 7.13. The van der Waals surface area contributed by atoms with Crippen LogP contribution in [0, 0.1) is 5.21 Å². The van der Waals surface area contributed by atoms with E-state index in [1.165, 1.54) is 6.20 Å². The Kier molecular flexibility index (Phi) is 5.78. The number of rotatable bonds is 6. The molecular weight excluding hydrogens is 224 g/mol. The lowest BCUT2D eigenvalue weighted by Gasteiger charge is -2.24. The summed E-state index contributed by atoms with van der Waals surface area (Å²) in [5.74, 6) is -0.321. The number of carbonyl (C=O) groups excluding carboxylic acids is 1. The highest BCUT2D eigenvalue weighted by atomic mass is 16.5. The molecule has 0 spiro atoms. The van der Waals surface area contributed by atoms with Gasteiger partial charge in [-0.1, -0.05) is 0 Å². The lowest BCUT2D eigenvalue weighted by Crippen LogP contribution is -3.06. The van der Waals surface area contributed by atoms with E-state index >= 15 is 0 Å². The van der Waals surface area contributed by atoms with Crippen LogP contribution in [0.25, 0.3) is 0 Å². The van der Waals surface area contributed by atoms with Crippen molar-refractivity contribution in [3.63, 3.8) is 0 Å². The fraction of sp³-hybridized carbons (Fsp3) is 0.600. The number of ether oxygens (including phenoxy) is 1. The number of nitrogens with two attached hydrogens (primary N) is 1. The lowest BCUT2D eigenvalue weighted by molar-refractivity contribution is -0.796. The van der Waals surface area contributed by atoms with Crippen LogP contribution in [0.4, 0.5) is 0 Å². The Morgan fingerprint density at radius 2 is 2.47 bits per heavy atom. The molecule has 1 heterocycles. The van der Waals surface area contributed by atoms with E-state index in [4.69, 9.17) is 10.5 Å². The van der Waals surface area contributed by atoms with Crippen molar-refractivity contribution >= 4 is 11.6 Å². The normalized spacial score (nSPS) is 19.6. The number of hydroxylamine groups is 2. The van der Waals surface area contributed by atoms with Crippen molar-refractivity contribution < 1.29 is 14.6 Å². The zero-order valence-electron chi connectivity index (χ0n) is 9.86. The van der Waals surface area contributed by atoms with E-state index in [1.54, 1.807) is 6.92 Å². The van der Waals surface area contributed by atoms with Gasteiger partial charge in [0.2, 0.25) is 0 Å². The third-order valence-electron chi connectivity index (χ3n) is 2.24. The summed E-state index contributed by atoms with van der Waals surface area (Å²) in [4.78, 5) is 15.5. The van der Waals surface area contributed by atoms with Gasteiger partial charge in [-0.2, -0.15) is 0 Å². The summed E-state index contributed by atoms with van der Waals surface area (Å²) in [6.45, 7) is 3.46. The van der Waals surface area contributed by atoms with Gasteiger partial charge in [0.1, 0.15) is 12.2 Å². The molecule has 0 aromatic heterocycles. The first-order valence-electron chi connectivity index (χ1n) is 5.47. The first-order chi connectivity index (χ1) is 8.15. The van der Waals surface area contributed by atoms with E-state index in [1.807, 2.05) is 0 Å². The van der Waals surface area contributed by atoms with Gasteiger partial charge < -0.3 is 26.1 Å². The second-order valence-electron chi connectivity index (χ2n) is 3.64. The van der Waals surface area contributed by atoms with Crippen LogP contribution in [-0.2, 0) is 9.53 Å². The van der Waals surface area contributed by atoms with Crippen molar-refractivity contribution in [1.82, 2.24) is 5.32 Å². The van der Waals surface area contributed by atoms with Gasteiger partial charge in [0, 0.05) is 20.0 Å². The number of hydrogen-bond donors (Lipinski definition) is 3. The van der Waals surface area contributed by atoms with Gasteiger partial charge in [0.25, 0.3) is 5.91 Å². The van der Waals surface area contributed by atoms with Crippen molar-refractivity contribution in [2.75, 3.05) is 32.8 Å². The smallest absolute Gasteiger partial charge is 0.271 e. The highest BCUT2D eigenvalue weighted by molar-refractivity contribution is 6.39. The molecule has 0 saturated carbocycles. The Morgan fingerprint density at radius 3 is 3.12 bits per heavy atom. The second-order valence-corrected chi connectivity index (χ2v) is 3.64. The minimum Gasteiger partial charge on any atom is -0.629 e. The summed E-state index contributed by atoms with van der Waals surface area (Å²) in [6.07, 6.45) is 1.42. The zero-order valence-corrected chi connectivity index (χ0v) is 9.86. The Bertz CT molecular complexity index is 328. The molecule has 0 saturated heterocycles. The van der Waals surface area contributed by atoms with Gasteiger partial charge >= 0.3 is 0 Å². The molecule has 0 radical (unpaired) electrons. The van der Waals surface area contributed by atoms with Gasteiger partial charge in [0.15, 0.2) is 5.71 Å².